The maximum absolute atomic E-state index is 12.4. The Kier molecular flexibility index (Phi) is 5.14. The Morgan fingerprint density at radius 1 is 1.03 bits per heavy atom. The molecule has 5 nitrogen and oxygen atoms in total. The largest absolute Gasteiger partial charge is 0.324 e. The van der Waals surface area contributed by atoms with E-state index in [1.165, 1.54) is 10.7 Å². The highest BCUT2D eigenvalue weighted by Crippen LogP contribution is 2.26. The summed E-state index contributed by atoms with van der Waals surface area (Å²) in [5.74, 6) is -0.352. The highest BCUT2D eigenvalue weighted by molar-refractivity contribution is 6.31. The highest BCUT2D eigenvalue weighted by Gasteiger charge is 2.11. The second kappa shape index (κ2) is 7.89. The Bertz CT molecular complexity index is 1280. The Hall–Kier alpha value is -3.44. The van der Waals surface area contributed by atoms with Crippen LogP contribution in [0.4, 0.5) is 5.69 Å². The van der Waals surface area contributed by atoms with Gasteiger partial charge in [0.1, 0.15) is 6.54 Å². The summed E-state index contributed by atoms with van der Waals surface area (Å²) in [6.07, 6.45) is 0. The SMILES string of the molecule is Cc1ccc(NC(=O)Cn2nc(-c3cccc4ccccc34)ccc2=O)cc1Cl. The van der Waals surface area contributed by atoms with E-state index in [0.29, 0.717) is 16.4 Å². The number of carbonyl (C=O) groups is 1. The van der Waals surface area contributed by atoms with Gasteiger partial charge in [-0.2, -0.15) is 5.10 Å². The molecular weight excluding hydrogens is 386 g/mol. The van der Waals surface area contributed by atoms with Crippen LogP contribution in [0.15, 0.2) is 77.6 Å². The summed E-state index contributed by atoms with van der Waals surface area (Å²) in [4.78, 5) is 24.7. The zero-order valence-corrected chi connectivity index (χ0v) is 16.5. The van der Waals surface area contributed by atoms with E-state index in [-0.39, 0.29) is 18.0 Å². The first kappa shape index (κ1) is 18.9. The van der Waals surface area contributed by atoms with Crippen LogP contribution in [0, 0.1) is 6.92 Å². The molecular formula is C23H18ClN3O2. The molecule has 0 saturated heterocycles. The van der Waals surface area contributed by atoms with Gasteiger partial charge in [0.15, 0.2) is 0 Å². The fourth-order valence-corrected chi connectivity index (χ4v) is 3.34. The van der Waals surface area contributed by atoms with Crippen molar-refractivity contribution in [2.24, 2.45) is 0 Å². The van der Waals surface area contributed by atoms with Gasteiger partial charge in [0.05, 0.1) is 5.69 Å². The van der Waals surface area contributed by atoms with Crippen LogP contribution in [0.1, 0.15) is 5.56 Å². The Balaban J connectivity index is 1.62. The molecule has 0 bridgehead atoms. The van der Waals surface area contributed by atoms with Gasteiger partial charge < -0.3 is 5.32 Å². The van der Waals surface area contributed by atoms with E-state index in [4.69, 9.17) is 11.6 Å². The van der Waals surface area contributed by atoms with Crippen molar-refractivity contribution in [2.75, 3.05) is 5.32 Å². The number of aryl methyl sites for hydroxylation is 1. The minimum absolute atomic E-state index is 0.192. The van der Waals surface area contributed by atoms with Gasteiger partial charge in [-0.3, -0.25) is 9.59 Å². The average Bonchev–Trinajstić information content (AvgIpc) is 2.72. The number of carbonyl (C=O) groups excluding carboxylic acids is 1. The molecule has 144 valence electrons. The smallest absolute Gasteiger partial charge is 0.267 e. The van der Waals surface area contributed by atoms with Crippen molar-refractivity contribution in [3.63, 3.8) is 0 Å². The van der Waals surface area contributed by atoms with Gasteiger partial charge in [0.2, 0.25) is 5.91 Å². The van der Waals surface area contributed by atoms with Crippen LogP contribution in [0.25, 0.3) is 22.0 Å². The molecule has 0 spiro atoms. The first-order valence-corrected chi connectivity index (χ1v) is 9.51. The maximum atomic E-state index is 12.4. The number of amides is 1. The van der Waals surface area contributed by atoms with Crippen molar-refractivity contribution in [3.8, 4) is 11.3 Å². The number of nitrogens with zero attached hydrogens (tertiary/aromatic N) is 2. The van der Waals surface area contributed by atoms with Gasteiger partial charge in [-0.1, -0.05) is 60.1 Å². The maximum Gasteiger partial charge on any atom is 0.267 e. The second-order valence-electron chi connectivity index (χ2n) is 6.75. The van der Waals surface area contributed by atoms with Crippen LogP contribution in [-0.2, 0) is 11.3 Å². The van der Waals surface area contributed by atoms with Crippen LogP contribution in [0.5, 0.6) is 0 Å². The molecule has 0 fully saturated rings. The molecule has 0 aliphatic carbocycles. The zero-order chi connectivity index (χ0) is 20.4. The molecule has 3 aromatic carbocycles. The molecule has 4 rings (SSSR count). The summed E-state index contributed by atoms with van der Waals surface area (Å²) < 4.78 is 1.17. The topological polar surface area (TPSA) is 64.0 Å². The van der Waals surface area contributed by atoms with Crippen LogP contribution in [0.3, 0.4) is 0 Å². The lowest BCUT2D eigenvalue weighted by Crippen LogP contribution is -2.29. The van der Waals surface area contributed by atoms with Gasteiger partial charge in [-0.05, 0) is 41.5 Å². The fraction of sp³-hybridized carbons (Fsp3) is 0.0870. The molecule has 1 N–H and O–H groups in total. The van der Waals surface area contributed by atoms with Crippen molar-refractivity contribution < 1.29 is 4.79 Å². The summed E-state index contributed by atoms with van der Waals surface area (Å²) in [5, 5.41) is 9.86. The number of benzene rings is 3. The predicted molar refractivity (Wildman–Crippen MR) is 116 cm³/mol. The number of halogens is 1. The quantitative estimate of drug-likeness (QED) is 0.538. The minimum atomic E-state index is -0.352. The molecule has 29 heavy (non-hydrogen) atoms. The first-order valence-electron chi connectivity index (χ1n) is 9.13. The van der Waals surface area contributed by atoms with Crippen LogP contribution >= 0.6 is 11.6 Å². The van der Waals surface area contributed by atoms with E-state index >= 15 is 0 Å². The minimum Gasteiger partial charge on any atom is -0.324 e. The summed E-state index contributed by atoms with van der Waals surface area (Å²) in [6, 6.07) is 22.3. The first-order chi connectivity index (χ1) is 14.0. The molecule has 0 saturated carbocycles. The molecule has 0 atom stereocenters. The molecule has 0 radical (unpaired) electrons. The molecule has 1 aromatic heterocycles. The van der Waals surface area contributed by atoms with Crippen molar-refractivity contribution >= 4 is 34.0 Å². The second-order valence-corrected chi connectivity index (χ2v) is 7.16. The van der Waals surface area contributed by atoms with Crippen molar-refractivity contribution in [2.45, 2.75) is 13.5 Å². The third-order valence-electron chi connectivity index (χ3n) is 4.68. The fourth-order valence-electron chi connectivity index (χ4n) is 3.16. The highest BCUT2D eigenvalue weighted by atomic mass is 35.5. The lowest BCUT2D eigenvalue weighted by Gasteiger charge is -2.10. The number of anilines is 1. The number of fused-ring (bicyclic) bond motifs is 1. The normalized spacial score (nSPS) is 10.8. The molecule has 6 heteroatoms. The standard InChI is InChI=1S/C23H18ClN3O2/c1-15-9-10-17(13-20(15)24)25-22(28)14-27-23(29)12-11-21(26-27)19-8-4-6-16-5-2-3-7-18(16)19/h2-13H,14H2,1H3,(H,25,28). The Morgan fingerprint density at radius 3 is 2.66 bits per heavy atom. The third kappa shape index (κ3) is 4.05. The number of aromatic nitrogens is 2. The number of rotatable bonds is 4. The average molecular weight is 404 g/mol. The number of hydrogen-bond donors (Lipinski definition) is 1. The van der Waals surface area contributed by atoms with Crippen molar-refractivity contribution in [1.82, 2.24) is 9.78 Å². The van der Waals surface area contributed by atoms with E-state index < -0.39 is 0 Å². The van der Waals surface area contributed by atoms with E-state index in [1.54, 1.807) is 18.2 Å². The van der Waals surface area contributed by atoms with Gasteiger partial charge in [-0.15, -0.1) is 0 Å². The van der Waals surface area contributed by atoms with Crippen molar-refractivity contribution in [1.29, 1.82) is 0 Å². The zero-order valence-electron chi connectivity index (χ0n) is 15.7. The summed E-state index contributed by atoms with van der Waals surface area (Å²) in [7, 11) is 0. The molecule has 0 aliphatic heterocycles. The van der Waals surface area contributed by atoms with E-state index in [9.17, 15) is 9.59 Å². The molecule has 1 amide bonds. The van der Waals surface area contributed by atoms with Crippen LogP contribution in [-0.4, -0.2) is 15.7 Å². The van der Waals surface area contributed by atoms with E-state index in [2.05, 4.69) is 10.4 Å². The summed E-state index contributed by atoms with van der Waals surface area (Å²) >= 11 is 6.10. The Labute approximate surface area is 172 Å². The van der Waals surface area contributed by atoms with Gasteiger partial charge in [0.25, 0.3) is 5.56 Å². The van der Waals surface area contributed by atoms with Gasteiger partial charge in [0, 0.05) is 22.3 Å². The number of nitrogens with one attached hydrogen (secondary N) is 1. The third-order valence-corrected chi connectivity index (χ3v) is 5.09. The molecule has 1 heterocycles. The van der Waals surface area contributed by atoms with E-state index in [1.807, 2.05) is 55.5 Å². The lowest BCUT2D eigenvalue weighted by atomic mass is 10.0. The summed E-state index contributed by atoms with van der Waals surface area (Å²) in [5.41, 5.74) is 2.69. The number of hydrogen-bond acceptors (Lipinski definition) is 3. The Morgan fingerprint density at radius 2 is 1.83 bits per heavy atom. The van der Waals surface area contributed by atoms with E-state index in [0.717, 1.165) is 21.9 Å². The lowest BCUT2D eigenvalue weighted by molar-refractivity contribution is -0.117. The molecule has 4 aromatic rings. The van der Waals surface area contributed by atoms with Crippen LogP contribution < -0.4 is 10.9 Å². The molecule has 0 aliphatic rings. The molecule has 0 unspecified atom stereocenters. The van der Waals surface area contributed by atoms with Crippen LogP contribution in [0.2, 0.25) is 5.02 Å². The summed E-state index contributed by atoms with van der Waals surface area (Å²) in [6.45, 7) is 1.69. The predicted octanol–water partition coefficient (Wildman–Crippen LogP) is 4.66. The van der Waals surface area contributed by atoms with Gasteiger partial charge in [-0.25, -0.2) is 4.68 Å². The monoisotopic (exact) mass is 403 g/mol. The van der Waals surface area contributed by atoms with Crippen molar-refractivity contribution in [3.05, 3.63) is 93.7 Å². The van der Waals surface area contributed by atoms with Gasteiger partial charge >= 0.3 is 0 Å².